The fourth-order valence-electron chi connectivity index (χ4n) is 4.73. The van der Waals surface area contributed by atoms with Crippen molar-refractivity contribution in [2.24, 2.45) is 7.05 Å². The normalized spacial score (nSPS) is 17.9. The Kier molecular flexibility index (Phi) is 8.11. The molecule has 1 fully saturated rings. The Morgan fingerprint density at radius 1 is 1.19 bits per heavy atom. The maximum absolute atomic E-state index is 14.0. The van der Waals surface area contributed by atoms with Crippen LogP contribution in [0, 0.1) is 0 Å². The van der Waals surface area contributed by atoms with Crippen LogP contribution in [0.2, 0.25) is 0 Å². The van der Waals surface area contributed by atoms with Crippen LogP contribution >= 0.6 is 23.5 Å². The molecule has 4 heterocycles. The monoisotopic (exact) mass is 620 g/mol. The molecule has 0 radical (unpaired) electrons. The van der Waals surface area contributed by atoms with Crippen molar-refractivity contribution in [3.63, 3.8) is 0 Å². The number of amides is 2. The lowest BCUT2D eigenvalue weighted by atomic mass is 10.0. The number of benzene rings is 2. The van der Waals surface area contributed by atoms with E-state index < -0.39 is 41.2 Å². The molecule has 1 N–H and O–H groups in total. The Morgan fingerprint density at radius 3 is 2.49 bits per heavy atom. The van der Waals surface area contributed by atoms with Gasteiger partial charge in [-0.2, -0.15) is 0 Å². The molecule has 2 amide bonds. The van der Waals surface area contributed by atoms with E-state index in [9.17, 15) is 19.5 Å². The molecule has 6 rings (SSSR count). The Balaban J connectivity index is 1.27. The summed E-state index contributed by atoms with van der Waals surface area (Å²) in [6.07, 6.45) is 0.317. The van der Waals surface area contributed by atoms with E-state index in [-0.39, 0.29) is 12.2 Å². The number of β-lactam (4-membered cyclic amide) rings is 1. The number of nitrogens with zero attached hydrogens (tertiary/aromatic N) is 7. The summed E-state index contributed by atoms with van der Waals surface area (Å²) in [5.41, 5.74) is 2.37. The maximum atomic E-state index is 14.0. The first-order valence-corrected chi connectivity index (χ1v) is 15.1. The van der Waals surface area contributed by atoms with E-state index in [2.05, 4.69) is 30.6 Å². The number of carbonyl (C=O) groups excluding carboxylic acids is 3. The Labute approximate surface area is 253 Å². The standard InChI is InChI=1S/C27H24N8O6S2/c1-33-27(29-30-31-33)43-15-18-14-42-25-21(28-19(36)12-34-13-20(37)41-32-34)24(38)35(25)22(18)26(39)40-23(16-8-4-2-5-9-16)17-10-6-3-7-11-17/h2-11,13,21,23,25H,12,14-15H2,1H3,(H-,28,32,36,37)/t21?,25-/m0/s1. The van der Waals surface area contributed by atoms with Gasteiger partial charge in [0.2, 0.25) is 11.4 Å². The zero-order valence-corrected chi connectivity index (χ0v) is 24.2. The fourth-order valence-corrected chi connectivity index (χ4v) is 7.06. The van der Waals surface area contributed by atoms with E-state index in [1.54, 1.807) is 7.05 Å². The molecule has 14 nitrogen and oxygen atoms in total. The number of fused-ring (bicyclic) bond motifs is 1. The predicted octanol–water partition coefficient (Wildman–Crippen LogP) is 0.338. The van der Waals surface area contributed by atoms with Gasteiger partial charge in [0.1, 0.15) is 23.1 Å². The third kappa shape index (κ3) is 5.96. The minimum Gasteiger partial charge on any atom is -0.539 e. The number of hydrogen-bond acceptors (Lipinski definition) is 12. The molecule has 220 valence electrons. The lowest BCUT2D eigenvalue weighted by Gasteiger charge is -2.49. The molecule has 4 aromatic rings. The second kappa shape index (κ2) is 12.3. The molecule has 1 saturated heterocycles. The lowest BCUT2D eigenvalue weighted by Crippen LogP contribution is -2.71. The first-order chi connectivity index (χ1) is 20.9. The van der Waals surface area contributed by atoms with Gasteiger partial charge in [0, 0.05) is 18.6 Å². The SMILES string of the molecule is Cn1nnnc1SCC1=C(C(=O)OC(c2ccccc2)c2ccccc2)N2C(=O)C(NC(=O)C[n+]3cc([O-])on3)[C@@H]2SC1. The summed E-state index contributed by atoms with van der Waals surface area (Å²) in [5.74, 6) is -1.60. The maximum Gasteiger partial charge on any atom is 0.356 e. The average Bonchev–Trinajstić information content (AvgIpc) is 3.64. The second-order valence-corrected chi connectivity index (χ2v) is 11.7. The zero-order valence-electron chi connectivity index (χ0n) is 22.6. The molecule has 2 aliphatic rings. The minimum atomic E-state index is -0.879. The summed E-state index contributed by atoms with van der Waals surface area (Å²) in [4.78, 5) is 41.5. The topological polar surface area (TPSA) is 172 Å². The molecule has 2 atom stereocenters. The third-order valence-electron chi connectivity index (χ3n) is 6.74. The number of tetrazole rings is 1. The van der Waals surface area contributed by atoms with Crippen LogP contribution < -0.4 is 15.1 Å². The number of nitrogens with one attached hydrogen (secondary N) is 1. The highest BCUT2D eigenvalue weighted by Gasteiger charge is 2.54. The smallest absolute Gasteiger partial charge is 0.356 e. The van der Waals surface area contributed by atoms with Gasteiger partial charge in [-0.3, -0.25) is 14.5 Å². The predicted molar refractivity (Wildman–Crippen MR) is 149 cm³/mol. The van der Waals surface area contributed by atoms with Crippen molar-refractivity contribution in [1.82, 2.24) is 35.7 Å². The van der Waals surface area contributed by atoms with E-state index >= 15 is 0 Å². The molecular weight excluding hydrogens is 596 g/mol. The summed E-state index contributed by atoms with van der Waals surface area (Å²) in [6, 6.07) is 17.8. The fraction of sp³-hybridized carbons (Fsp3) is 0.259. The number of thioether (sulfide) groups is 2. The minimum absolute atomic E-state index is 0.139. The molecule has 0 spiro atoms. The number of aryl methyl sites for hydroxylation is 1. The van der Waals surface area contributed by atoms with Gasteiger partial charge in [-0.1, -0.05) is 77.1 Å². The van der Waals surface area contributed by atoms with Crippen molar-refractivity contribution >= 4 is 41.3 Å². The number of aromatic nitrogens is 6. The van der Waals surface area contributed by atoms with Gasteiger partial charge in [0.15, 0.2) is 6.10 Å². The van der Waals surface area contributed by atoms with E-state index in [0.717, 1.165) is 22.0 Å². The van der Waals surface area contributed by atoms with Crippen LogP contribution in [0.1, 0.15) is 17.2 Å². The highest BCUT2D eigenvalue weighted by molar-refractivity contribution is 8.01. The van der Waals surface area contributed by atoms with Crippen LogP contribution in [-0.4, -0.2) is 71.1 Å². The van der Waals surface area contributed by atoms with Crippen molar-refractivity contribution in [2.45, 2.75) is 29.2 Å². The number of rotatable bonds is 10. The molecule has 0 bridgehead atoms. The summed E-state index contributed by atoms with van der Waals surface area (Å²) in [7, 11) is 1.71. The summed E-state index contributed by atoms with van der Waals surface area (Å²) in [5, 5.41) is 28.9. The summed E-state index contributed by atoms with van der Waals surface area (Å²) >= 11 is 2.75. The van der Waals surface area contributed by atoms with Crippen LogP contribution in [0.15, 0.2) is 87.8 Å². The van der Waals surface area contributed by atoms with Gasteiger partial charge in [-0.15, -0.1) is 16.9 Å². The number of ether oxygens (including phenoxy) is 1. The third-order valence-corrected chi connectivity index (χ3v) is 9.18. The Hall–Kier alpha value is -4.70. The Morgan fingerprint density at radius 2 is 1.88 bits per heavy atom. The Bertz CT molecular complexity index is 1640. The van der Waals surface area contributed by atoms with Crippen molar-refractivity contribution in [3.05, 3.63) is 89.3 Å². The van der Waals surface area contributed by atoms with Crippen molar-refractivity contribution in [3.8, 4) is 5.95 Å². The highest BCUT2D eigenvalue weighted by Crippen LogP contribution is 2.42. The van der Waals surface area contributed by atoms with Gasteiger partial charge in [0.25, 0.3) is 18.4 Å². The summed E-state index contributed by atoms with van der Waals surface area (Å²) < 4.78 is 13.2. The molecule has 0 saturated carbocycles. The van der Waals surface area contributed by atoms with Gasteiger partial charge in [-0.25, -0.2) is 9.48 Å². The molecule has 16 heteroatoms. The average molecular weight is 621 g/mol. The van der Waals surface area contributed by atoms with Crippen LogP contribution in [0.3, 0.4) is 0 Å². The van der Waals surface area contributed by atoms with Crippen LogP contribution in [0.4, 0.5) is 0 Å². The van der Waals surface area contributed by atoms with Crippen LogP contribution in [0.5, 0.6) is 5.95 Å². The largest absolute Gasteiger partial charge is 0.539 e. The number of hydrogen-bond donors (Lipinski definition) is 1. The van der Waals surface area contributed by atoms with E-state index in [1.165, 1.54) is 33.1 Å². The van der Waals surface area contributed by atoms with Gasteiger partial charge < -0.3 is 19.7 Å². The van der Waals surface area contributed by atoms with Gasteiger partial charge in [-0.05, 0) is 27.1 Å². The van der Waals surface area contributed by atoms with Crippen LogP contribution in [0.25, 0.3) is 0 Å². The van der Waals surface area contributed by atoms with E-state index in [0.29, 0.717) is 22.2 Å². The molecule has 0 aliphatic carbocycles. The number of esters is 1. The van der Waals surface area contributed by atoms with Gasteiger partial charge >= 0.3 is 5.97 Å². The zero-order chi connectivity index (χ0) is 29.9. The van der Waals surface area contributed by atoms with Crippen LogP contribution in [-0.2, 0) is 32.7 Å². The quantitative estimate of drug-likeness (QED) is 0.112. The van der Waals surface area contributed by atoms with E-state index in [4.69, 9.17) is 4.74 Å². The lowest BCUT2D eigenvalue weighted by molar-refractivity contribution is -0.751. The highest BCUT2D eigenvalue weighted by atomic mass is 32.2. The first-order valence-electron chi connectivity index (χ1n) is 13.0. The molecule has 1 unspecified atom stereocenters. The molecule has 2 aromatic carbocycles. The molecule has 2 aromatic heterocycles. The van der Waals surface area contributed by atoms with Crippen molar-refractivity contribution in [1.29, 1.82) is 0 Å². The van der Waals surface area contributed by atoms with Crippen molar-refractivity contribution < 1.29 is 33.4 Å². The molecule has 43 heavy (non-hydrogen) atoms. The molecule has 2 aliphatic heterocycles. The van der Waals surface area contributed by atoms with Gasteiger partial charge in [0.05, 0.1) is 5.27 Å². The summed E-state index contributed by atoms with van der Waals surface area (Å²) in [6.45, 7) is -0.304. The second-order valence-electron chi connectivity index (χ2n) is 9.61. The first kappa shape index (κ1) is 28.4. The number of carbonyl (C=O) groups is 3. The van der Waals surface area contributed by atoms with Crippen molar-refractivity contribution in [2.75, 3.05) is 11.5 Å². The molecular formula is C27H24N8O6S2. The van der Waals surface area contributed by atoms with E-state index in [1.807, 2.05) is 60.7 Å².